The lowest BCUT2D eigenvalue weighted by Crippen LogP contribution is -2.38. The van der Waals surface area contributed by atoms with Gasteiger partial charge in [0.2, 0.25) is 0 Å². The summed E-state index contributed by atoms with van der Waals surface area (Å²) in [5.41, 5.74) is 4.59. The SMILES string of the molecule is O=C(COc1ccc(-c2ccccc2)cc1)OCC(=O)N1CCc2ccccc2C1. The van der Waals surface area contributed by atoms with Gasteiger partial charge in [-0.3, -0.25) is 4.79 Å². The van der Waals surface area contributed by atoms with Crippen LogP contribution in [0.3, 0.4) is 0 Å². The summed E-state index contributed by atoms with van der Waals surface area (Å²) in [6.07, 6.45) is 0.817. The molecule has 0 bridgehead atoms. The number of amides is 1. The molecule has 152 valence electrons. The minimum Gasteiger partial charge on any atom is -0.482 e. The number of nitrogens with zero attached hydrogens (tertiary/aromatic N) is 1. The standard InChI is InChI=1S/C25H23NO4/c27-24(26-15-14-20-8-4-5-9-22(20)16-26)17-30-25(28)18-29-23-12-10-21(11-13-23)19-6-2-1-3-7-19/h1-13H,14-18H2. The van der Waals surface area contributed by atoms with Gasteiger partial charge in [-0.25, -0.2) is 4.79 Å². The smallest absolute Gasteiger partial charge is 0.344 e. The van der Waals surface area contributed by atoms with Crippen LogP contribution in [0.2, 0.25) is 0 Å². The first-order valence-electron chi connectivity index (χ1n) is 9.97. The Morgan fingerprint density at radius 3 is 2.20 bits per heavy atom. The van der Waals surface area contributed by atoms with Gasteiger partial charge in [0.05, 0.1) is 0 Å². The van der Waals surface area contributed by atoms with Crippen LogP contribution in [0.25, 0.3) is 11.1 Å². The molecule has 0 spiro atoms. The molecular weight excluding hydrogens is 378 g/mol. The molecule has 0 unspecified atom stereocenters. The zero-order valence-electron chi connectivity index (χ0n) is 16.6. The molecule has 5 nitrogen and oxygen atoms in total. The Balaban J connectivity index is 1.22. The number of rotatable bonds is 6. The van der Waals surface area contributed by atoms with Gasteiger partial charge in [-0.15, -0.1) is 0 Å². The van der Waals surface area contributed by atoms with E-state index in [1.54, 1.807) is 4.90 Å². The maximum atomic E-state index is 12.4. The minimum atomic E-state index is -0.562. The quantitative estimate of drug-likeness (QED) is 0.589. The Morgan fingerprint density at radius 2 is 1.43 bits per heavy atom. The van der Waals surface area contributed by atoms with Crippen LogP contribution in [0, 0.1) is 0 Å². The van der Waals surface area contributed by atoms with E-state index in [4.69, 9.17) is 9.47 Å². The summed E-state index contributed by atoms with van der Waals surface area (Å²) in [6.45, 7) is 0.687. The van der Waals surface area contributed by atoms with E-state index in [1.807, 2.05) is 72.8 Å². The fourth-order valence-corrected chi connectivity index (χ4v) is 3.50. The molecule has 3 aromatic rings. The summed E-state index contributed by atoms with van der Waals surface area (Å²) in [6, 6.07) is 25.6. The third-order valence-electron chi connectivity index (χ3n) is 5.16. The predicted octanol–water partition coefficient (Wildman–Crippen LogP) is 3.86. The molecule has 4 rings (SSSR count). The maximum absolute atomic E-state index is 12.4. The van der Waals surface area contributed by atoms with Gasteiger partial charge in [0, 0.05) is 13.1 Å². The predicted molar refractivity (Wildman–Crippen MR) is 114 cm³/mol. The van der Waals surface area contributed by atoms with Gasteiger partial charge in [-0.2, -0.15) is 0 Å². The fraction of sp³-hybridized carbons (Fsp3) is 0.200. The second-order valence-corrected chi connectivity index (χ2v) is 7.17. The van der Waals surface area contributed by atoms with Gasteiger partial charge in [0.1, 0.15) is 5.75 Å². The van der Waals surface area contributed by atoms with E-state index in [2.05, 4.69) is 6.07 Å². The number of carbonyl (C=O) groups is 2. The highest BCUT2D eigenvalue weighted by Crippen LogP contribution is 2.22. The monoisotopic (exact) mass is 401 g/mol. The lowest BCUT2D eigenvalue weighted by atomic mass is 10.00. The first kappa shape index (κ1) is 19.7. The Morgan fingerprint density at radius 1 is 0.767 bits per heavy atom. The van der Waals surface area contributed by atoms with Gasteiger partial charge in [0.25, 0.3) is 5.91 Å². The van der Waals surface area contributed by atoms with Gasteiger partial charge < -0.3 is 14.4 Å². The van der Waals surface area contributed by atoms with Crippen molar-refractivity contribution >= 4 is 11.9 Å². The van der Waals surface area contributed by atoms with E-state index in [9.17, 15) is 9.59 Å². The Kier molecular flexibility index (Phi) is 6.09. The third kappa shape index (κ3) is 4.87. The summed E-state index contributed by atoms with van der Waals surface area (Å²) >= 11 is 0. The average Bonchev–Trinajstić information content (AvgIpc) is 2.81. The van der Waals surface area contributed by atoms with Crippen LogP contribution in [0.1, 0.15) is 11.1 Å². The molecule has 3 aromatic carbocycles. The highest BCUT2D eigenvalue weighted by atomic mass is 16.6. The van der Waals surface area contributed by atoms with Crippen LogP contribution in [0.4, 0.5) is 0 Å². The Bertz CT molecular complexity index is 1010. The van der Waals surface area contributed by atoms with Crippen LogP contribution < -0.4 is 4.74 Å². The topological polar surface area (TPSA) is 55.8 Å². The number of hydrogen-bond acceptors (Lipinski definition) is 4. The summed E-state index contributed by atoms with van der Waals surface area (Å²) < 4.78 is 10.6. The molecule has 0 aromatic heterocycles. The first-order valence-corrected chi connectivity index (χ1v) is 9.97. The molecular formula is C25H23NO4. The van der Waals surface area contributed by atoms with Crippen molar-refractivity contribution in [3.05, 3.63) is 90.0 Å². The zero-order chi connectivity index (χ0) is 20.8. The van der Waals surface area contributed by atoms with Crippen molar-refractivity contribution in [2.45, 2.75) is 13.0 Å². The Hall–Kier alpha value is -3.60. The van der Waals surface area contributed by atoms with Crippen molar-refractivity contribution in [1.82, 2.24) is 4.90 Å². The van der Waals surface area contributed by atoms with Crippen molar-refractivity contribution in [2.75, 3.05) is 19.8 Å². The molecule has 1 aliphatic heterocycles. The van der Waals surface area contributed by atoms with Crippen molar-refractivity contribution in [1.29, 1.82) is 0 Å². The van der Waals surface area contributed by atoms with Gasteiger partial charge in [0.15, 0.2) is 13.2 Å². The molecule has 0 fully saturated rings. The summed E-state index contributed by atoms with van der Waals surface area (Å²) in [5.74, 6) is -0.177. The maximum Gasteiger partial charge on any atom is 0.344 e. The van der Waals surface area contributed by atoms with Crippen molar-refractivity contribution in [2.24, 2.45) is 0 Å². The minimum absolute atomic E-state index is 0.190. The molecule has 0 atom stereocenters. The molecule has 0 N–H and O–H groups in total. The third-order valence-corrected chi connectivity index (χ3v) is 5.16. The summed E-state index contributed by atoms with van der Waals surface area (Å²) in [4.78, 5) is 26.1. The van der Waals surface area contributed by atoms with Gasteiger partial charge in [-0.05, 0) is 40.8 Å². The van der Waals surface area contributed by atoms with Crippen LogP contribution in [-0.4, -0.2) is 36.5 Å². The summed E-state index contributed by atoms with van der Waals surface area (Å²) in [5, 5.41) is 0. The molecule has 1 heterocycles. The van der Waals surface area contributed by atoms with E-state index < -0.39 is 5.97 Å². The number of esters is 1. The normalized spacial score (nSPS) is 12.7. The van der Waals surface area contributed by atoms with E-state index >= 15 is 0 Å². The van der Waals surface area contributed by atoms with E-state index in [0.717, 1.165) is 23.1 Å². The van der Waals surface area contributed by atoms with Crippen molar-refractivity contribution in [3.8, 4) is 16.9 Å². The highest BCUT2D eigenvalue weighted by molar-refractivity contribution is 5.81. The molecule has 0 saturated heterocycles. The molecule has 0 radical (unpaired) electrons. The molecule has 30 heavy (non-hydrogen) atoms. The molecule has 1 amide bonds. The van der Waals surface area contributed by atoms with Crippen molar-refractivity contribution < 1.29 is 19.1 Å². The number of carbonyl (C=O) groups excluding carboxylic acids is 2. The molecule has 5 heteroatoms. The van der Waals surface area contributed by atoms with Crippen LogP contribution >= 0.6 is 0 Å². The van der Waals surface area contributed by atoms with Gasteiger partial charge in [-0.1, -0.05) is 66.7 Å². The number of benzene rings is 3. The number of fused-ring (bicyclic) bond motifs is 1. The average molecular weight is 401 g/mol. The second-order valence-electron chi connectivity index (χ2n) is 7.17. The Labute approximate surface area is 175 Å². The molecule has 1 aliphatic rings. The molecule has 0 aliphatic carbocycles. The number of ether oxygens (including phenoxy) is 2. The van der Waals surface area contributed by atoms with E-state index in [1.165, 1.54) is 5.56 Å². The van der Waals surface area contributed by atoms with Crippen LogP contribution in [0.15, 0.2) is 78.9 Å². The summed E-state index contributed by atoms with van der Waals surface area (Å²) in [7, 11) is 0. The largest absolute Gasteiger partial charge is 0.482 e. The fourth-order valence-electron chi connectivity index (χ4n) is 3.50. The van der Waals surface area contributed by atoms with Crippen LogP contribution in [0.5, 0.6) is 5.75 Å². The van der Waals surface area contributed by atoms with E-state index in [0.29, 0.717) is 18.8 Å². The lowest BCUT2D eigenvalue weighted by molar-refractivity contribution is -0.154. The van der Waals surface area contributed by atoms with E-state index in [-0.39, 0.29) is 19.1 Å². The highest BCUT2D eigenvalue weighted by Gasteiger charge is 2.21. The lowest BCUT2D eigenvalue weighted by Gasteiger charge is -2.28. The van der Waals surface area contributed by atoms with Crippen LogP contribution in [-0.2, 0) is 27.3 Å². The molecule has 0 saturated carbocycles. The van der Waals surface area contributed by atoms with Gasteiger partial charge >= 0.3 is 5.97 Å². The second kappa shape index (κ2) is 9.27. The zero-order valence-corrected chi connectivity index (χ0v) is 16.6. The number of hydrogen-bond donors (Lipinski definition) is 0. The first-order chi connectivity index (χ1) is 14.7. The van der Waals surface area contributed by atoms with Crippen molar-refractivity contribution in [3.63, 3.8) is 0 Å².